The second-order valence-corrected chi connectivity index (χ2v) is 6.14. The minimum absolute atomic E-state index is 0.00160. The average molecular weight is 309 g/mol. The highest BCUT2D eigenvalue weighted by Crippen LogP contribution is 2.30. The fourth-order valence-electron chi connectivity index (χ4n) is 2.61. The van der Waals surface area contributed by atoms with Crippen molar-refractivity contribution in [3.8, 4) is 0 Å². The van der Waals surface area contributed by atoms with Crippen molar-refractivity contribution in [2.75, 3.05) is 13.1 Å². The number of carboxylic acid groups (broad SMARTS) is 1. The SMILES string of the molecule is CCCc1noc(CCCC(=O)N2CC[C@@](C)(C(=O)O)C2)n1. The molecule has 2 heterocycles. The van der Waals surface area contributed by atoms with Gasteiger partial charge >= 0.3 is 5.97 Å². The molecule has 122 valence electrons. The summed E-state index contributed by atoms with van der Waals surface area (Å²) in [6.45, 7) is 4.55. The van der Waals surface area contributed by atoms with Gasteiger partial charge in [0.15, 0.2) is 5.82 Å². The minimum Gasteiger partial charge on any atom is -0.481 e. The normalized spacial score (nSPS) is 21.3. The summed E-state index contributed by atoms with van der Waals surface area (Å²) in [5.74, 6) is 0.434. The second-order valence-electron chi connectivity index (χ2n) is 6.14. The molecule has 0 aliphatic carbocycles. The third-order valence-corrected chi connectivity index (χ3v) is 4.11. The fourth-order valence-corrected chi connectivity index (χ4v) is 2.61. The van der Waals surface area contributed by atoms with Crippen molar-refractivity contribution in [2.24, 2.45) is 5.41 Å². The van der Waals surface area contributed by atoms with Crippen LogP contribution < -0.4 is 0 Å². The standard InChI is InChI=1S/C15H23N3O4/c1-3-5-11-16-12(22-17-11)6-4-7-13(19)18-9-8-15(2,10-18)14(20)21/h3-10H2,1-2H3,(H,20,21)/t15-/m1/s1. The molecule has 1 aliphatic heterocycles. The van der Waals surface area contributed by atoms with E-state index in [-0.39, 0.29) is 5.91 Å². The Morgan fingerprint density at radius 1 is 1.41 bits per heavy atom. The highest BCUT2D eigenvalue weighted by Gasteiger charge is 2.41. The molecular weight excluding hydrogens is 286 g/mol. The van der Waals surface area contributed by atoms with Crippen LogP contribution in [0.15, 0.2) is 4.52 Å². The van der Waals surface area contributed by atoms with E-state index in [9.17, 15) is 14.7 Å². The summed E-state index contributed by atoms with van der Waals surface area (Å²) < 4.78 is 5.13. The molecule has 0 saturated carbocycles. The largest absolute Gasteiger partial charge is 0.481 e. The van der Waals surface area contributed by atoms with Crippen molar-refractivity contribution in [2.45, 2.75) is 52.4 Å². The Kier molecular flexibility index (Phi) is 5.15. The Morgan fingerprint density at radius 2 is 2.18 bits per heavy atom. The Hall–Kier alpha value is -1.92. The number of hydrogen-bond acceptors (Lipinski definition) is 5. The molecule has 0 radical (unpaired) electrons. The van der Waals surface area contributed by atoms with E-state index >= 15 is 0 Å². The van der Waals surface area contributed by atoms with Gasteiger partial charge in [0, 0.05) is 32.4 Å². The maximum absolute atomic E-state index is 12.1. The van der Waals surface area contributed by atoms with Gasteiger partial charge in [-0.2, -0.15) is 4.98 Å². The van der Waals surface area contributed by atoms with Crippen molar-refractivity contribution in [1.82, 2.24) is 15.0 Å². The monoisotopic (exact) mass is 309 g/mol. The Balaban J connectivity index is 1.75. The molecule has 1 aromatic rings. The molecule has 1 fully saturated rings. The summed E-state index contributed by atoms with van der Waals surface area (Å²) in [5, 5.41) is 13.1. The van der Waals surface area contributed by atoms with Crippen LogP contribution in [0, 0.1) is 5.41 Å². The summed E-state index contributed by atoms with van der Waals surface area (Å²) in [4.78, 5) is 29.2. The second kappa shape index (κ2) is 6.89. The molecule has 0 spiro atoms. The first-order valence-corrected chi connectivity index (χ1v) is 7.77. The summed E-state index contributed by atoms with van der Waals surface area (Å²) in [7, 11) is 0. The molecule has 1 N–H and O–H groups in total. The van der Waals surface area contributed by atoms with E-state index in [2.05, 4.69) is 17.1 Å². The number of nitrogens with zero attached hydrogens (tertiary/aromatic N) is 3. The van der Waals surface area contributed by atoms with Gasteiger partial charge < -0.3 is 14.5 Å². The molecule has 1 saturated heterocycles. The van der Waals surface area contributed by atoms with Crippen LogP contribution in [0.4, 0.5) is 0 Å². The van der Waals surface area contributed by atoms with E-state index < -0.39 is 11.4 Å². The van der Waals surface area contributed by atoms with Crippen molar-refractivity contribution >= 4 is 11.9 Å². The average Bonchev–Trinajstić information content (AvgIpc) is 3.07. The lowest BCUT2D eigenvalue weighted by Crippen LogP contribution is -2.34. The summed E-state index contributed by atoms with van der Waals surface area (Å²) in [5.41, 5.74) is -0.808. The maximum atomic E-state index is 12.1. The van der Waals surface area contributed by atoms with Crippen LogP contribution in [0.25, 0.3) is 0 Å². The molecular formula is C15H23N3O4. The number of rotatable bonds is 7. The van der Waals surface area contributed by atoms with Gasteiger partial charge in [0.1, 0.15) is 0 Å². The molecule has 0 aromatic carbocycles. The van der Waals surface area contributed by atoms with E-state index in [1.807, 2.05) is 0 Å². The number of amides is 1. The number of aliphatic carboxylic acids is 1. The van der Waals surface area contributed by atoms with E-state index in [4.69, 9.17) is 4.52 Å². The van der Waals surface area contributed by atoms with E-state index in [0.717, 1.165) is 12.8 Å². The first-order valence-electron chi connectivity index (χ1n) is 7.77. The molecule has 2 rings (SSSR count). The third-order valence-electron chi connectivity index (χ3n) is 4.11. The quantitative estimate of drug-likeness (QED) is 0.823. The molecule has 0 bridgehead atoms. The molecule has 1 aromatic heterocycles. The van der Waals surface area contributed by atoms with E-state index in [0.29, 0.717) is 50.5 Å². The highest BCUT2D eigenvalue weighted by molar-refractivity contribution is 5.80. The van der Waals surface area contributed by atoms with Gasteiger partial charge in [0.25, 0.3) is 0 Å². The highest BCUT2D eigenvalue weighted by atomic mass is 16.5. The zero-order valence-corrected chi connectivity index (χ0v) is 13.2. The molecule has 7 nitrogen and oxygen atoms in total. The van der Waals surface area contributed by atoms with Crippen LogP contribution >= 0.6 is 0 Å². The predicted octanol–water partition coefficient (Wildman–Crippen LogP) is 1.67. The Morgan fingerprint density at radius 3 is 2.82 bits per heavy atom. The van der Waals surface area contributed by atoms with Crippen molar-refractivity contribution in [1.29, 1.82) is 0 Å². The van der Waals surface area contributed by atoms with Gasteiger partial charge in [0.05, 0.1) is 5.41 Å². The van der Waals surface area contributed by atoms with E-state index in [1.165, 1.54) is 0 Å². The van der Waals surface area contributed by atoms with E-state index in [1.54, 1.807) is 11.8 Å². The fraction of sp³-hybridized carbons (Fsp3) is 0.733. The lowest BCUT2D eigenvalue weighted by atomic mass is 9.90. The topological polar surface area (TPSA) is 96.5 Å². The number of aryl methyl sites for hydroxylation is 2. The molecule has 1 amide bonds. The van der Waals surface area contributed by atoms with Crippen LogP contribution in [0.3, 0.4) is 0 Å². The molecule has 7 heteroatoms. The zero-order chi connectivity index (χ0) is 16.2. The van der Waals surface area contributed by atoms with Crippen LogP contribution in [0.1, 0.15) is 51.2 Å². The number of carbonyl (C=O) groups is 2. The van der Waals surface area contributed by atoms with Crippen LogP contribution in [0.5, 0.6) is 0 Å². The minimum atomic E-state index is -0.836. The van der Waals surface area contributed by atoms with Gasteiger partial charge in [-0.25, -0.2) is 0 Å². The number of carbonyl (C=O) groups excluding carboxylic acids is 1. The Labute approximate surface area is 129 Å². The summed E-state index contributed by atoms with van der Waals surface area (Å²) >= 11 is 0. The van der Waals surface area contributed by atoms with Crippen LogP contribution in [0.2, 0.25) is 0 Å². The Bertz CT molecular complexity index is 543. The predicted molar refractivity (Wildman–Crippen MR) is 78.2 cm³/mol. The van der Waals surface area contributed by atoms with Gasteiger partial charge in [-0.15, -0.1) is 0 Å². The van der Waals surface area contributed by atoms with Crippen molar-refractivity contribution in [3.63, 3.8) is 0 Å². The first kappa shape index (κ1) is 16.5. The van der Waals surface area contributed by atoms with Gasteiger partial charge in [-0.1, -0.05) is 12.1 Å². The number of aromatic nitrogens is 2. The molecule has 22 heavy (non-hydrogen) atoms. The summed E-state index contributed by atoms with van der Waals surface area (Å²) in [6.07, 6.45) is 3.86. The molecule has 1 aliphatic rings. The van der Waals surface area contributed by atoms with Crippen LogP contribution in [-0.2, 0) is 22.4 Å². The third kappa shape index (κ3) is 3.84. The number of hydrogen-bond donors (Lipinski definition) is 1. The molecule has 1 atom stereocenters. The molecule has 0 unspecified atom stereocenters. The van der Waals surface area contributed by atoms with Crippen LogP contribution in [-0.4, -0.2) is 45.1 Å². The van der Waals surface area contributed by atoms with Crippen molar-refractivity contribution < 1.29 is 19.2 Å². The smallest absolute Gasteiger partial charge is 0.311 e. The van der Waals surface area contributed by atoms with Gasteiger partial charge in [-0.05, 0) is 26.2 Å². The first-order chi connectivity index (χ1) is 10.4. The maximum Gasteiger partial charge on any atom is 0.311 e. The van der Waals surface area contributed by atoms with Gasteiger partial charge in [-0.3, -0.25) is 9.59 Å². The lowest BCUT2D eigenvalue weighted by molar-refractivity contribution is -0.147. The lowest BCUT2D eigenvalue weighted by Gasteiger charge is -2.20. The zero-order valence-electron chi connectivity index (χ0n) is 13.2. The summed E-state index contributed by atoms with van der Waals surface area (Å²) in [6, 6.07) is 0. The van der Waals surface area contributed by atoms with Crippen molar-refractivity contribution in [3.05, 3.63) is 11.7 Å². The van der Waals surface area contributed by atoms with Gasteiger partial charge in [0.2, 0.25) is 11.8 Å². The number of likely N-dealkylation sites (tertiary alicyclic amines) is 1. The number of carboxylic acids is 1.